The van der Waals surface area contributed by atoms with Crippen molar-refractivity contribution in [1.29, 1.82) is 0 Å². The van der Waals surface area contributed by atoms with E-state index in [0.29, 0.717) is 0 Å². The van der Waals surface area contributed by atoms with E-state index in [1.165, 1.54) is 11.1 Å². The van der Waals surface area contributed by atoms with Gasteiger partial charge in [-0.3, -0.25) is 0 Å². The second kappa shape index (κ2) is 2.46. The van der Waals surface area contributed by atoms with E-state index in [0.717, 1.165) is 18.5 Å². The normalized spacial score (nSPS) is 14.6. The minimum atomic E-state index is 1.05. The minimum Gasteiger partial charge on any atom is -0.158 e. The third kappa shape index (κ3) is 1.04. The van der Waals surface area contributed by atoms with Gasteiger partial charge in [-0.05, 0) is 37.0 Å². The molecule has 0 fully saturated rings. The molecule has 1 aliphatic rings. The van der Waals surface area contributed by atoms with Gasteiger partial charge >= 0.3 is 0 Å². The predicted molar refractivity (Wildman–Crippen MR) is 44.1 cm³/mol. The highest BCUT2D eigenvalue weighted by atomic mass is 15.1. The van der Waals surface area contributed by atoms with Crippen molar-refractivity contribution in [2.45, 2.75) is 19.8 Å². The van der Waals surface area contributed by atoms with Crippen molar-refractivity contribution in [2.24, 2.45) is 0 Å². The number of hydrogen-bond donors (Lipinski definition) is 0. The van der Waals surface area contributed by atoms with Gasteiger partial charge in [-0.25, -0.2) is 0 Å². The average molecular weight is 146 g/mol. The van der Waals surface area contributed by atoms with Crippen LogP contribution in [0.1, 0.15) is 23.2 Å². The molecular weight excluding hydrogens is 136 g/mol. The van der Waals surface area contributed by atoms with Crippen LogP contribution in [0.25, 0.3) is 6.08 Å². The van der Waals surface area contributed by atoms with Crippen molar-refractivity contribution < 1.29 is 0 Å². The van der Waals surface area contributed by atoms with Gasteiger partial charge < -0.3 is 0 Å². The lowest BCUT2D eigenvalue weighted by molar-refractivity contribution is 0.896. The summed E-state index contributed by atoms with van der Waals surface area (Å²) in [6.07, 6.45) is 8.29. The molecule has 56 valence electrons. The lowest BCUT2D eigenvalue weighted by Crippen LogP contribution is -2.01. The second-order valence-corrected chi connectivity index (χ2v) is 2.83. The van der Waals surface area contributed by atoms with Crippen LogP contribution in [0.3, 0.4) is 0 Å². The zero-order valence-corrected chi connectivity index (χ0v) is 6.54. The van der Waals surface area contributed by atoms with Gasteiger partial charge in [0.25, 0.3) is 0 Å². The zero-order valence-electron chi connectivity index (χ0n) is 6.54. The van der Waals surface area contributed by atoms with Crippen LogP contribution < -0.4 is 0 Å². The second-order valence-electron chi connectivity index (χ2n) is 2.83. The number of aryl methyl sites for hydroxylation is 1. The Balaban J connectivity index is 2.60. The lowest BCUT2D eigenvalue weighted by Gasteiger charge is -2.09. The van der Waals surface area contributed by atoms with Crippen LogP contribution in [0.15, 0.2) is 12.3 Å². The molecule has 0 atom stereocenters. The molecular formula is C9H10N2. The Hall–Kier alpha value is -1.18. The summed E-state index contributed by atoms with van der Waals surface area (Å²) in [6.45, 7) is 2.09. The number of allylic oxidation sites excluding steroid dienone is 1. The highest BCUT2D eigenvalue weighted by Crippen LogP contribution is 2.18. The molecule has 0 unspecified atom stereocenters. The van der Waals surface area contributed by atoms with E-state index in [1.54, 1.807) is 0 Å². The zero-order chi connectivity index (χ0) is 7.68. The third-order valence-electron chi connectivity index (χ3n) is 2.04. The summed E-state index contributed by atoms with van der Waals surface area (Å²) >= 11 is 0. The lowest BCUT2D eigenvalue weighted by atomic mass is 9.99. The Morgan fingerprint density at radius 1 is 1.45 bits per heavy atom. The monoisotopic (exact) mass is 146 g/mol. The number of fused-ring (bicyclic) bond motifs is 1. The number of aromatic nitrogens is 2. The number of rotatable bonds is 0. The topological polar surface area (TPSA) is 25.8 Å². The van der Waals surface area contributed by atoms with E-state index in [9.17, 15) is 0 Å². The van der Waals surface area contributed by atoms with E-state index in [-0.39, 0.29) is 0 Å². The van der Waals surface area contributed by atoms with E-state index in [4.69, 9.17) is 0 Å². The molecule has 1 heterocycles. The standard InChI is InChI=1S/C9H10N2/c1-7-6-10-11-9-5-3-2-4-8(7)9/h3,5-6H,2,4H2,1H3. The van der Waals surface area contributed by atoms with Gasteiger partial charge in [0.2, 0.25) is 0 Å². The summed E-state index contributed by atoms with van der Waals surface area (Å²) in [5.41, 5.74) is 3.68. The van der Waals surface area contributed by atoms with Crippen molar-refractivity contribution in [1.82, 2.24) is 10.2 Å². The van der Waals surface area contributed by atoms with E-state index < -0.39 is 0 Å². The molecule has 0 bridgehead atoms. The van der Waals surface area contributed by atoms with Gasteiger partial charge in [0.05, 0.1) is 11.9 Å². The summed E-state index contributed by atoms with van der Waals surface area (Å²) < 4.78 is 0. The van der Waals surface area contributed by atoms with Crippen LogP contribution in [-0.2, 0) is 6.42 Å². The molecule has 0 saturated heterocycles. The summed E-state index contributed by atoms with van der Waals surface area (Å²) in [4.78, 5) is 0. The van der Waals surface area contributed by atoms with Crippen LogP contribution in [0, 0.1) is 6.92 Å². The van der Waals surface area contributed by atoms with E-state index >= 15 is 0 Å². The Bertz CT molecular complexity index is 302. The van der Waals surface area contributed by atoms with Gasteiger partial charge in [-0.15, -0.1) is 0 Å². The number of nitrogens with zero attached hydrogens (tertiary/aromatic N) is 2. The van der Waals surface area contributed by atoms with Crippen molar-refractivity contribution in [3.8, 4) is 0 Å². The maximum Gasteiger partial charge on any atom is 0.0888 e. The van der Waals surface area contributed by atoms with Crippen LogP contribution in [0.4, 0.5) is 0 Å². The van der Waals surface area contributed by atoms with Crippen molar-refractivity contribution in [3.63, 3.8) is 0 Å². The highest BCUT2D eigenvalue weighted by Gasteiger charge is 2.07. The SMILES string of the molecule is Cc1cnnc2c1CCC=C2. The molecule has 1 aromatic heterocycles. The molecule has 0 amide bonds. The minimum absolute atomic E-state index is 1.05. The van der Waals surface area contributed by atoms with Crippen LogP contribution in [0.2, 0.25) is 0 Å². The largest absolute Gasteiger partial charge is 0.158 e. The molecule has 0 aliphatic heterocycles. The Kier molecular flexibility index (Phi) is 1.46. The van der Waals surface area contributed by atoms with Gasteiger partial charge in [0.1, 0.15) is 0 Å². The quantitative estimate of drug-likeness (QED) is 0.557. The predicted octanol–water partition coefficient (Wildman–Crippen LogP) is 1.74. The van der Waals surface area contributed by atoms with Crippen LogP contribution in [-0.4, -0.2) is 10.2 Å². The molecule has 0 radical (unpaired) electrons. The summed E-state index contributed by atoms with van der Waals surface area (Å²) in [5, 5.41) is 7.94. The number of hydrogen-bond acceptors (Lipinski definition) is 2. The first-order valence-corrected chi connectivity index (χ1v) is 3.85. The molecule has 0 saturated carbocycles. The molecule has 11 heavy (non-hydrogen) atoms. The molecule has 0 spiro atoms. The van der Waals surface area contributed by atoms with Crippen molar-refractivity contribution in [3.05, 3.63) is 29.1 Å². The molecule has 0 N–H and O–H groups in total. The Morgan fingerprint density at radius 2 is 2.36 bits per heavy atom. The fourth-order valence-corrected chi connectivity index (χ4v) is 1.40. The fraction of sp³-hybridized carbons (Fsp3) is 0.333. The molecule has 2 heteroatoms. The molecule has 2 nitrogen and oxygen atoms in total. The first-order chi connectivity index (χ1) is 5.38. The summed E-state index contributed by atoms with van der Waals surface area (Å²) in [6, 6.07) is 0. The molecule has 0 aromatic carbocycles. The fourth-order valence-electron chi connectivity index (χ4n) is 1.40. The van der Waals surface area contributed by atoms with Crippen molar-refractivity contribution >= 4 is 6.08 Å². The summed E-state index contributed by atoms with van der Waals surface area (Å²) in [5.74, 6) is 0. The summed E-state index contributed by atoms with van der Waals surface area (Å²) in [7, 11) is 0. The van der Waals surface area contributed by atoms with Gasteiger partial charge in [-0.2, -0.15) is 10.2 Å². The van der Waals surface area contributed by atoms with Gasteiger partial charge in [-0.1, -0.05) is 6.08 Å². The molecule has 1 aliphatic carbocycles. The van der Waals surface area contributed by atoms with Crippen molar-refractivity contribution in [2.75, 3.05) is 0 Å². The maximum absolute atomic E-state index is 4.04. The maximum atomic E-state index is 4.04. The average Bonchev–Trinajstić information content (AvgIpc) is 2.06. The first-order valence-electron chi connectivity index (χ1n) is 3.85. The Labute approximate surface area is 66.0 Å². The van der Waals surface area contributed by atoms with Crippen LogP contribution in [0.5, 0.6) is 0 Å². The molecule has 2 rings (SSSR count). The first kappa shape index (κ1) is 6.53. The third-order valence-corrected chi connectivity index (χ3v) is 2.04. The van der Waals surface area contributed by atoms with Gasteiger partial charge in [0, 0.05) is 0 Å². The Morgan fingerprint density at radius 3 is 3.18 bits per heavy atom. The highest BCUT2D eigenvalue weighted by molar-refractivity contribution is 5.52. The smallest absolute Gasteiger partial charge is 0.0888 e. The van der Waals surface area contributed by atoms with E-state index in [2.05, 4.69) is 29.3 Å². The van der Waals surface area contributed by atoms with Crippen LogP contribution >= 0.6 is 0 Å². The molecule has 1 aromatic rings. The van der Waals surface area contributed by atoms with Gasteiger partial charge in [0.15, 0.2) is 0 Å². The van der Waals surface area contributed by atoms with E-state index in [1.807, 2.05) is 6.20 Å².